The topological polar surface area (TPSA) is 110 Å². The summed E-state index contributed by atoms with van der Waals surface area (Å²) in [5.74, 6) is -0.913. The highest BCUT2D eigenvalue weighted by Gasteiger charge is 2.39. The second-order valence-electron chi connectivity index (χ2n) is 8.23. The maximum absolute atomic E-state index is 12.9. The molecule has 1 saturated heterocycles. The maximum Gasteiger partial charge on any atom is 0.255 e. The molecule has 9 heteroatoms. The summed E-state index contributed by atoms with van der Waals surface area (Å²) in [5.41, 5.74) is 3.83. The van der Waals surface area contributed by atoms with Crippen molar-refractivity contribution in [3.05, 3.63) is 72.2 Å². The molecule has 2 aliphatic rings. The van der Waals surface area contributed by atoms with Crippen molar-refractivity contribution < 1.29 is 14.4 Å². The number of imide groups is 1. The molecule has 1 unspecified atom stereocenters. The number of fused-ring (bicyclic) bond motifs is 2. The van der Waals surface area contributed by atoms with Crippen molar-refractivity contribution in [3.63, 3.8) is 0 Å². The Bertz CT molecular complexity index is 1460. The molecule has 0 bridgehead atoms. The minimum absolute atomic E-state index is 0.198. The second kappa shape index (κ2) is 7.33. The van der Waals surface area contributed by atoms with Gasteiger partial charge < -0.3 is 4.90 Å². The molecule has 4 heterocycles. The second-order valence-corrected chi connectivity index (χ2v) is 8.23. The van der Waals surface area contributed by atoms with Crippen LogP contribution in [0.25, 0.3) is 27.7 Å². The molecule has 1 fully saturated rings. The first kappa shape index (κ1) is 19.3. The van der Waals surface area contributed by atoms with Crippen LogP contribution in [0, 0.1) is 0 Å². The van der Waals surface area contributed by atoms with Gasteiger partial charge in [-0.25, -0.2) is 4.68 Å². The van der Waals surface area contributed by atoms with Crippen LogP contribution in [0.3, 0.4) is 0 Å². The Morgan fingerprint density at radius 2 is 1.91 bits per heavy atom. The predicted octanol–water partition coefficient (Wildman–Crippen LogP) is 2.24. The molecule has 9 nitrogen and oxygen atoms in total. The van der Waals surface area contributed by atoms with E-state index in [0.717, 1.165) is 33.3 Å². The maximum atomic E-state index is 12.9. The third-order valence-corrected chi connectivity index (χ3v) is 6.20. The van der Waals surface area contributed by atoms with Crippen LogP contribution < -0.4 is 5.32 Å². The van der Waals surface area contributed by atoms with Crippen LogP contribution >= 0.6 is 0 Å². The number of hydrogen-bond acceptors (Lipinski definition) is 6. The summed E-state index contributed by atoms with van der Waals surface area (Å²) in [6.45, 7) is 0.314. The van der Waals surface area contributed by atoms with Crippen LogP contribution in [0.5, 0.6) is 0 Å². The van der Waals surface area contributed by atoms with E-state index in [1.54, 1.807) is 16.9 Å². The van der Waals surface area contributed by atoms with Crippen molar-refractivity contribution >= 4 is 28.5 Å². The van der Waals surface area contributed by atoms with Gasteiger partial charge >= 0.3 is 0 Å². The van der Waals surface area contributed by atoms with Gasteiger partial charge in [0.05, 0.1) is 11.9 Å². The number of benzene rings is 2. The standard InChI is InChI=1S/C24H18N6O3/c31-22-6-5-21(23(32)26-22)29-12-17-10-18(3-4-19(17)24(29)33)30-13-20(27-28-30)15-1-2-16-11-25-8-7-14(16)9-15/h1-4,7-11,13,21H,5-6,12H2,(H,26,31,32). The Labute approximate surface area is 188 Å². The molecule has 0 radical (unpaired) electrons. The molecular formula is C24H18N6O3. The number of nitrogens with one attached hydrogen (secondary N) is 1. The summed E-state index contributed by atoms with van der Waals surface area (Å²) in [4.78, 5) is 42.3. The minimum Gasteiger partial charge on any atom is -0.322 e. The predicted molar refractivity (Wildman–Crippen MR) is 118 cm³/mol. The Morgan fingerprint density at radius 1 is 1.00 bits per heavy atom. The van der Waals surface area contributed by atoms with Crippen molar-refractivity contribution in [2.24, 2.45) is 0 Å². The van der Waals surface area contributed by atoms with Gasteiger partial charge in [0.2, 0.25) is 11.8 Å². The van der Waals surface area contributed by atoms with Gasteiger partial charge in [0.15, 0.2) is 0 Å². The van der Waals surface area contributed by atoms with E-state index < -0.39 is 11.9 Å². The highest BCUT2D eigenvalue weighted by molar-refractivity contribution is 6.05. The highest BCUT2D eigenvalue weighted by Crippen LogP contribution is 2.29. The summed E-state index contributed by atoms with van der Waals surface area (Å²) in [5, 5.41) is 13.0. The number of hydrogen-bond donors (Lipinski definition) is 1. The average molecular weight is 438 g/mol. The number of carbonyl (C=O) groups excluding carboxylic acids is 3. The van der Waals surface area contributed by atoms with E-state index in [1.807, 2.05) is 48.8 Å². The van der Waals surface area contributed by atoms with Gasteiger partial charge in [-0.1, -0.05) is 17.3 Å². The molecular weight excluding hydrogens is 420 g/mol. The fourth-order valence-electron chi connectivity index (χ4n) is 4.47. The third kappa shape index (κ3) is 3.25. The van der Waals surface area contributed by atoms with E-state index in [4.69, 9.17) is 0 Å². The number of rotatable bonds is 3. The van der Waals surface area contributed by atoms with Crippen LogP contribution in [-0.4, -0.2) is 48.6 Å². The van der Waals surface area contributed by atoms with E-state index in [2.05, 4.69) is 20.6 Å². The zero-order chi connectivity index (χ0) is 22.5. The van der Waals surface area contributed by atoms with Crippen molar-refractivity contribution in [1.29, 1.82) is 0 Å². The fraction of sp³-hybridized carbons (Fsp3) is 0.167. The number of pyridine rings is 1. The summed E-state index contributed by atoms with van der Waals surface area (Å²) in [7, 11) is 0. The van der Waals surface area contributed by atoms with Gasteiger partial charge in [-0.15, -0.1) is 5.10 Å². The zero-order valence-electron chi connectivity index (χ0n) is 17.4. The molecule has 0 aliphatic carbocycles. The number of carbonyl (C=O) groups is 3. The van der Waals surface area contributed by atoms with E-state index >= 15 is 0 Å². The van der Waals surface area contributed by atoms with Gasteiger partial charge in [-0.3, -0.25) is 24.7 Å². The summed E-state index contributed by atoms with van der Waals surface area (Å²) in [6, 6.07) is 12.8. The number of aromatic nitrogens is 4. The van der Waals surface area contributed by atoms with Crippen LogP contribution in [-0.2, 0) is 16.1 Å². The van der Waals surface area contributed by atoms with Crippen LogP contribution in [0.1, 0.15) is 28.8 Å². The molecule has 0 spiro atoms. The summed E-state index contributed by atoms with van der Waals surface area (Å²) < 4.78 is 1.67. The Balaban J connectivity index is 1.27. The number of amides is 3. The Morgan fingerprint density at radius 3 is 2.79 bits per heavy atom. The van der Waals surface area contributed by atoms with Gasteiger partial charge in [0, 0.05) is 41.9 Å². The quantitative estimate of drug-likeness (QED) is 0.491. The lowest BCUT2D eigenvalue weighted by atomic mass is 10.0. The summed E-state index contributed by atoms with van der Waals surface area (Å²) in [6.07, 6.45) is 5.99. The lowest BCUT2D eigenvalue weighted by molar-refractivity contribution is -0.136. The van der Waals surface area contributed by atoms with Crippen molar-refractivity contribution in [2.75, 3.05) is 0 Å². The smallest absolute Gasteiger partial charge is 0.255 e. The van der Waals surface area contributed by atoms with E-state index in [0.29, 0.717) is 18.5 Å². The monoisotopic (exact) mass is 438 g/mol. The number of piperidine rings is 1. The van der Waals surface area contributed by atoms with Gasteiger partial charge in [-0.05, 0) is 47.7 Å². The first-order valence-electron chi connectivity index (χ1n) is 10.6. The molecule has 2 aromatic carbocycles. The lowest BCUT2D eigenvalue weighted by Gasteiger charge is -2.29. The first-order valence-corrected chi connectivity index (χ1v) is 10.6. The molecule has 2 aromatic heterocycles. The lowest BCUT2D eigenvalue weighted by Crippen LogP contribution is -2.52. The van der Waals surface area contributed by atoms with E-state index in [1.165, 1.54) is 4.90 Å². The Kier molecular flexibility index (Phi) is 4.29. The van der Waals surface area contributed by atoms with Gasteiger partial charge in [-0.2, -0.15) is 0 Å². The number of nitrogens with zero attached hydrogens (tertiary/aromatic N) is 5. The normalized spacial score (nSPS) is 18.0. The molecule has 1 N–H and O–H groups in total. The molecule has 2 aliphatic heterocycles. The largest absolute Gasteiger partial charge is 0.322 e. The molecule has 0 saturated carbocycles. The molecule has 6 rings (SSSR count). The van der Waals surface area contributed by atoms with Crippen LogP contribution in [0.2, 0.25) is 0 Å². The summed E-state index contributed by atoms with van der Waals surface area (Å²) >= 11 is 0. The van der Waals surface area contributed by atoms with Crippen molar-refractivity contribution in [3.8, 4) is 16.9 Å². The minimum atomic E-state index is -0.632. The Hall–Kier alpha value is -4.40. The SMILES string of the molecule is O=C1CCC(N2Cc3cc(-n4cc(-c5ccc6cnccc6c5)nn4)ccc3C2=O)C(=O)N1. The third-order valence-electron chi connectivity index (χ3n) is 6.20. The van der Waals surface area contributed by atoms with E-state index in [9.17, 15) is 14.4 Å². The first-order chi connectivity index (χ1) is 16.1. The molecule has 4 aromatic rings. The highest BCUT2D eigenvalue weighted by atomic mass is 16.2. The van der Waals surface area contributed by atoms with Gasteiger partial charge in [0.25, 0.3) is 5.91 Å². The zero-order valence-corrected chi connectivity index (χ0v) is 17.4. The molecule has 3 amide bonds. The van der Waals surface area contributed by atoms with Crippen molar-refractivity contribution in [1.82, 2.24) is 30.2 Å². The molecule has 162 valence electrons. The van der Waals surface area contributed by atoms with Crippen LogP contribution in [0.15, 0.2) is 61.1 Å². The van der Waals surface area contributed by atoms with Crippen LogP contribution in [0.4, 0.5) is 0 Å². The fourth-order valence-corrected chi connectivity index (χ4v) is 4.47. The van der Waals surface area contributed by atoms with E-state index in [-0.39, 0.29) is 18.2 Å². The average Bonchev–Trinajstić information content (AvgIpc) is 3.44. The van der Waals surface area contributed by atoms with Gasteiger partial charge in [0.1, 0.15) is 11.7 Å². The van der Waals surface area contributed by atoms with Crippen molar-refractivity contribution in [2.45, 2.75) is 25.4 Å². The molecule has 1 atom stereocenters. The molecule has 33 heavy (non-hydrogen) atoms.